The number of hydrogen-bond donors (Lipinski definition) is 1. The Balaban J connectivity index is 2.02. The summed E-state index contributed by atoms with van der Waals surface area (Å²) in [5.41, 5.74) is 7.10. The molecule has 16 heavy (non-hydrogen) atoms. The lowest BCUT2D eigenvalue weighted by Crippen LogP contribution is -2.32. The Kier molecular flexibility index (Phi) is 3.66. The van der Waals surface area contributed by atoms with E-state index in [1.807, 2.05) is 12.3 Å². The fourth-order valence-electron chi connectivity index (χ4n) is 2.60. The molecule has 0 aliphatic carbocycles. The molecule has 1 fully saturated rings. The molecule has 2 atom stereocenters. The zero-order chi connectivity index (χ0) is 11.5. The molecule has 3 nitrogen and oxygen atoms in total. The van der Waals surface area contributed by atoms with Crippen LogP contribution >= 0.6 is 0 Å². The van der Waals surface area contributed by atoms with Crippen molar-refractivity contribution in [2.24, 2.45) is 17.6 Å². The number of nitrogens with zero attached hydrogens (tertiary/aromatic N) is 1. The molecule has 1 aromatic heterocycles. The van der Waals surface area contributed by atoms with Crippen LogP contribution in [0.2, 0.25) is 0 Å². The van der Waals surface area contributed by atoms with Crippen molar-refractivity contribution in [1.29, 1.82) is 0 Å². The molecule has 3 heteroatoms. The molecule has 1 aromatic rings. The second-order valence-corrected chi connectivity index (χ2v) is 5.10. The van der Waals surface area contributed by atoms with Gasteiger partial charge in [-0.1, -0.05) is 13.8 Å². The molecule has 0 saturated carbocycles. The number of likely N-dealkylation sites (tertiary alicyclic amines) is 1. The van der Waals surface area contributed by atoms with Gasteiger partial charge >= 0.3 is 0 Å². The highest BCUT2D eigenvalue weighted by Crippen LogP contribution is 2.30. The smallest absolute Gasteiger partial charge is 0.0950 e. The van der Waals surface area contributed by atoms with Crippen molar-refractivity contribution in [3.8, 4) is 0 Å². The number of rotatable bonds is 4. The Morgan fingerprint density at radius 3 is 2.88 bits per heavy atom. The quantitative estimate of drug-likeness (QED) is 0.849. The first kappa shape index (κ1) is 11.7. The first-order valence-corrected chi connectivity index (χ1v) is 6.18. The molecule has 0 amide bonds. The minimum atomic E-state index is 0.336. The van der Waals surface area contributed by atoms with Crippen molar-refractivity contribution in [1.82, 2.24) is 4.90 Å². The maximum atomic E-state index is 5.88. The van der Waals surface area contributed by atoms with Gasteiger partial charge in [0.25, 0.3) is 0 Å². The second-order valence-electron chi connectivity index (χ2n) is 5.10. The minimum Gasteiger partial charge on any atom is -0.472 e. The molecule has 2 N–H and O–H groups in total. The average molecular weight is 222 g/mol. The molecule has 0 bridgehead atoms. The summed E-state index contributed by atoms with van der Waals surface area (Å²) in [4.78, 5) is 2.50. The summed E-state index contributed by atoms with van der Waals surface area (Å²) in [6, 6.07) is 2.36. The topological polar surface area (TPSA) is 42.4 Å². The third-order valence-corrected chi connectivity index (χ3v) is 3.79. The Morgan fingerprint density at radius 2 is 2.38 bits per heavy atom. The van der Waals surface area contributed by atoms with E-state index in [4.69, 9.17) is 10.2 Å². The van der Waals surface area contributed by atoms with Crippen LogP contribution in [0.15, 0.2) is 23.0 Å². The van der Waals surface area contributed by atoms with Gasteiger partial charge in [-0.15, -0.1) is 0 Å². The van der Waals surface area contributed by atoms with Crippen LogP contribution in [-0.4, -0.2) is 24.5 Å². The Bertz CT molecular complexity index is 308. The molecular weight excluding hydrogens is 200 g/mol. The van der Waals surface area contributed by atoms with Crippen LogP contribution in [0, 0.1) is 11.8 Å². The lowest BCUT2D eigenvalue weighted by atomic mass is 9.95. The van der Waals surface area contributed by atoms with Gasteiger partial charge in [-0.05, 0) is 30.9 Å². The van der Waals surface area contributed by atoms with Crippen molar-refractivity contribution < 1.29 is 4.42 Å². The SMILES string of the molecule is CC(C)C1CCN(C(CN)c2ccoc2)C1. The van der Waals surface area contributed by atoms with E-state index in [0.717, 1.165) is 18.4 Å². The van der Waals surface area contributed by atoms with Crippen molar-refractivity contribution in [3.05, 3.63) is 24.2 Å². The summed E-state index contributed by atoms with van der Waals surface area (Å²) in [5, 5.41) is 0. The van der Waals surface area contributed by atoms with Crippen LogP contribution in [0.3, 0.4) is 0 Å². The van der Waals surface area contributed by atoms with Crippen LogP contribution in [0.4, 0.5) is 0 Å². The molecule has 1 aliphatic heterocycles. The Morgan fingerprint density at radius 1 is 1.56 bits per heavy atom. The highest BCUT2D eigenvalue weighted by atomic mass is 16.3. The normalized spacial score (nSPS) is 24.1. The van der Waals surface area contributed by atoms with E-state index in [9.17, 15) is 0 Å². The Labute approximate surface area is 97.6 Å². The summed E-state index contributed by atoms with van der Waals surface area (Å²) >= 11 is 0. The van der Waals surface area contributed by atoms with E-state index in [-0.39, 0.29) is 0 Å². The number of hydrogen-bond acceptors (Lipinski definition) is 3. The van der Waals surface area contributed by atoms with Gasteiger partial charge in [-0.25, -0.2) is 0 Å². The lowest BCUT2D eigenvalue weighted by Gasteiger charge is -2.26. The predicted molar refractivity (Wildman–Crippen MR) is 65.0 cm³/mol. The van der Waals surface area contributed by atoms with E-state index in [1.54, 1.807) is 6.26 Å². The third-order valence-electron chi connectivity index (χ3n) is 3.79. The molecule has 2 heterocycles. The first-order chi connectivity index (χ1) is 7.72. The zero-order valence-electron chi connectivity index (χ0n) is 10.2. The molecule has 1 saturated heterocycles. The van der Waals surface area contributed by atoms with Crippen LogP contribution in [0.1, 0.15) is 31.9 Å². The fraction of sp³-hybridized carbons (Fsp3) is 0.692. The monoisotopic (exact) mass is 222 g/mol. The van der Waals surface area contributed by atoms with Gasteiger partial charge in [0.05, 0.1) is 18.6 Å². The van der Waals surface area contributed by atoms with Crippen LogP contribution in [0.5, 0.6) is 0 Å². The van der Waals surface area contributed by atoms with Crippen molar-refractivity contribution in [2.45, 2.75) is 26.3 Å². The lowest BCUT2D eigenvalue weighted by molar-refractivity contribution is 0.231. The maximum Gasteiger partial charge on any atom is 0.0950 e. The van der Waals surface area contributed by atoms with Crippen molar-refractivity contribution in [3.63, 3.8) is 0 Å². The molecule has 0 spiro atoms. The first-order valence-electron chi connectivity index (χ1n) is 6.18. The van der Waals surface area contributed by atoms with Gasteiger partial charge in [0, 0.05) is 18.7 Å². The predicted octanol–water partition coefficient (Wildman–Crippen LogP) is 2.26. The van der Waals surface area contributed by atoms with Crippen LogP contribution in [0.25, 0.3) is 0 Å². The van der Waals surface area contributed by atoms with Crippen molar-refractivity contribution in [2.75, 3.05) is 19.6 Å². The van der Waals surface area contributed by atoms with E-state index < -0.39 is 0 Å². The van der Waals surface area contributed by atoms with Gasteiger partial charge in [0.15, 0.2) is 0 Å². The summed E-state index contributed by atoms with van der Waals surface area (Å²) < 4.78 is 5.15. The standard InChI is InChI=1S/C13H22N2O/c1-10(2)11-3-5-15(8-11)13(7-14)12-4-6-16-9-12/h4,6,9-11,13H,3,5,7-8,14H2,1-2H3. The summed E-state index contributed by atoms with van der Waals surface area (Å²) in [5.74, 6) is 1.59. The van der Waals surface area contributed by atoms with Crippen LogP contribution in [-0.2, 0) is 0 Å². The number of nitrogens with two attached hydrogens (primary N) is 1. The van der Waals surface area contributed by atoms with Gasteiger partial charge < -0.3 is 10.2 Å². The maximum absolute atomic E-state index is 5.88. The van der Waals surface area contributed by atoms with Gasteiger partial charge in [0.1, 0.15) is 0 Å². The molecule has 0 radical (unpaired) electrons. The second kappa shape index (κ2) is 5.02. The fourth-order valence-corrected chi connectivity index (χ4v) is 2.60. The summed E-state index contributed by atoms with van der Waals surface area (Å²) in [6.07, 6.45) is 4.85. The average Bonchev–Trinajstić information content (AvgIpc) is 2.88. The third kappa shape index (κ3) is 2.30. The number of furan rings is 1. The van der Waals surface area contributed by atoms with Gasteiger partial charge in [0.2, 0.25) is 0 Å². The largest absolute Gasteiger partial charge is 0.472 e. The summed E-state index contributed by atoms with van der Waals surface area (Å²) in [7, 11) is 0. The minimum absolute atomic E-state index is 0.336. The molecule has 0 aromatic carbocycles. The van der Waals surface area contributed by atoms with Gasteiger partial charge in [-0.2, -0.15) is 0 Å². The molecule has 2 rings (SSSR count). The van der Waals surface area contributed by atoms with Gasteiger partial charge in [-0.3, -0.25) is 4.90 Å². The molecule has 90 valence electrons. The zero-order valence-corrected chi connectivity index (χ0v) is 10.2. The highest BCUT2D eigenvalue weighted by Gasteiger charge is 2.30. The summed E-state index contributed by atoms with van der Waals surface area (Å²) in [6.45, 7) is 7.62. The van der Waals surface area contributed by atoms with E-state index in [0.29, 0.717) is 12.6 Å². The van der Waals surface area contributed by atoms with Crippen LogP contribution < -0.4 is 5.73 Å². The molecular formula is C13H22N2O. The van der Waals surface area contributed by atoms with E-state index in [1.165, 1.54) is 18.5 Å². The Hall–Kier alpha value is -0.800. The molecule has 1 aliphatic rings. The highest BCUT2D eigenvalue weighted by molar-refractivity contribution is 5.13. The van der Waals surface area contributed by atoms with E-state index >= 15 is 0 Å². The van der Waals surface area contributed by atoms with E-state index in [2.05, 4.69) is 18.7 Å². The molecule has 2 unspecified atom stereocenters. The van der Waals surface area contributed by atoms with Crippen molar-refractivity contribution >= 4 is 0 Å².